The average molecular weight is 276 g/mol. The van der Waals surface area contributed by atoms with Crippen LogP contribution in [0.25, 0.3) is 0 Å². The molecule has 5 heteroatoms. The number of rotatable bonds is 3. The highest BCUT2D eigenvalue weighted by atomic mass is 16.3. The van der Waals surface area contributed by atoms with Crippen molar-refractivity contribution in [1.82, 2.24) is 15.2 Å². The Hall–Kier alpha value is -1.62. The lowest BCUT2D eigenvalue weighted by Gasteiger charge is -2.32. The summed E-state index contributed by atoms with van der Waals surface area (Å²) in [6, 6.07) is 4.00. The van der Waals surface area contributed by atoms with Gasteiger partial charge in [0.2, 0.25) is 0 Å². The molecule has 1 aromatic heterocycles. The normalized spacial score (nSPS) is 17.4. The smallest absolute Gasteiger partial charge is 0.194 e. The number of aliphatic hydroxyl groups excluding tert-OH is 1. The van der Waals surface area contributed by atoms with Crippen LogP contribution in [-0.2, 0) is 6.54 Å². The van der Waals surface area contributed by atoms with Crippen LogP contribution < -0.4 is 5.32 Å². The van der Waals surface area contributed by atoms with Crippen molar-refractivity contribution in [2.24, 2.45) is 4.99 Å². The third kappa shape index (κ3) is 3.93. The molecule has 1 aromatic rings. The number of pyridine rings is 1. The maximum absolute atomic E-state index is 9.59. The lowest BCUT2D eigenvalue weighted by molar-refractivity contribution is 0.108. The second-order valence-electron chi connectivity index (χ2n) is 5.16. The van der Waals surface area contributed by atoms with Crippen molar-refractivity contribution < 1.29 is 5.11 Å². The van der Waals surface area contributed by atoms with Gasteiger partial charge in [-0.15, -0.1) is 0 Å². The van der Waals surface area contributed by atoms with Crippen molar-refractivity contribution in [3.05, 3.63) is 29.6 Å². The molecule has 0 atom stereocenters. The summed E-state index contributed by atoms with van der Waals surface area (Å²) in [5, 5.41) is 12.9. The SMILES string of the molecule is CCNC(=NCc1ncccc1C)N1CCC(O)CC1. The molecule has 0 aliphatic carbocycles. The molecular weight excluding hydrogens is 252 g/mol. The molecule has 2 N–H and O–H groups in total. The highest BCUT2D eigenvalue weighted by Crippen LogP contribution is 2.11. The number of aryl methyl sites for hydroxylation is 1. The first-order chi connectivity index (χ1) is 9.70. The number of nitrogens with zero attached hydrogens (tertiary/aromatic N) is 3. The van der Waals surface area contributed by atoms with Crippen molar-refractivity contribution in [3.8, 4) is 0 Å². The highest BCUT2D eigenvalue weighted by Gasteiger charge is 2.19. The second kappa shape index (κ2) is 7.24. The first-order valence-electron chi connectivity index (χ1n) is 7.32. The molecule has 2 heterocycles. The van der Waals surface area contributed by atoms with Crippen LogP contribution in [0.2, 0.25) is 0 Å². The van der Waals surface area contributed by atoms with E-state index < -0.39 is 0 Å². The van der Waals surface area contributed by atoms with Gasteiger partial charge in [-0.1, -0.05) is 6.07 Å². The molecule has 0 amide bonds. The van der Waals surface area contributed by atoms with E-state index >= 15 is 0 Å². The minimum Gasteiger partial charge on any atom is -0.393 e. The molecule has 1 saturated heterocycles. The Balaban J connectivity index is 2.04. The zero-order chi connectivity index (χ0) is 14.4. The number of aromatic nitrogens is 1. The van der Waals surface area contributed by atoms with Crippen molar-refractivity contribution in [3.63, 3.8) is 0 Å². The van der Waals surface area contributed by atoms with Gasteiger partial charge in [-0.25, -0.2) is 4.99 Å². The predicted molar refractivity (Wildman–Crippen MR) is 80.6 cm³/mol. The van der Waals surface area contributed by atoms with Gasteiger partial charge in [0.25, 0.3) is 0 Å². The van der Waals surface area contributed by atoms with E-state index in [1.807, 2.05) is 12.3 Å². The fourth-order valence-corrected chi connectivity index (χ4v) is 2.34. The molecular formula is C15H24N4O. The Kier molecular flexibility index (Phi) is 5.35. The number of hydrogen-bond acceptors (Lipinski definition) is 3. The third-order valence-corrected chi connectivity index (χ3v) is 3.60. The third-order valence-electron chi connectivity index (χ3n) is 3.60. The fourth-order valence-electron chi connectivity index (χ4n) is 2.34. The maximum Gasteiger partial charge on any atom is 0.194 e. The molecule has 0 bridgehead atoms. The molecule has 0 spiro atoms. The molecule has 1 aliphatic heterocycles. The van der Waals surface area contributed by atoms with Crippen LogP contribution in [-0.4, -0.2) is 46.7 Å². The fraction of sp³-hybridized carbons (Fsp3) is 0.600. The number of piperidine rings is 1. The lowest BCUT2D eigenvalue weighted by atomic mass is 10.1. The molecule has 110 valence electrons. The van der Waals surface area contributed by atoms with E-state index in [0.29, 0.717) is 6.54 Å². The number of hydrogen-bond donors (Lipinski definition) is 2. The summed E-state index contributed by atoms with van der Waals surface area (Å²) >= 11 is 0. The van der Waals surface area contributed by atoms with Crippen LogP contribution in [0, 0.1) is 6.92 Å². The summed E-state index contributed by atoms with van der Waals surface area (Å²) in [6.07, 6.45) is 3.27. The summed E-state index contributed by atoms with van der Waals surface area (Å²) in [4.78, 5) is 11.3. The lowest BCUT2D eigenvalue weighted by Crippen LogP contribution is -2.46. The zero-order valence-corrected chi connectivity index (χ0v) is 12.3. The van der Waals surface area contributed by atoms with Gasteiger partial charge < -0.3 is 15.3 Å². The van der Waals surface area contributed by atoms with Gasteiger partial charge >= 0.3 is 0 Å². The highest BCUT2D eigenvalue weighted by molar-refractivity contribution is 5.80. The Labute approximate surface area is 120 Å². The summed E-state index contributed by atoms with van der Waals surface area (Å²) in [5.74, 6) is 0.921. The Bertz CT molecular complexity index is 453. The van der Waals surface area contributed by atoms with Gasteiger partial charge in [-0.3, -0.25) is 4.98 Å². The van der Waals surface area contributed by atoms with Crippen molar-refractivity contribution in [2.75, 3.05) is 19.6 Å². The number of aliphatic hydroxyl groups is 1. The maximum atomic E-state index is 9.59. The van der Waals surface area contributed by atoms with E-state index in [0.717, 1.165) is 44.1 Å². The monoisotopic (exact) mass is 276 g/mol. The molecule has 0 unspecified atom stereocenters. The topological polar surface area (TPSA) is 60.8 Å². The van der Waals surface area contributed by atoms with Gasteiger partial charge in [0.15, 0.2) is 5.96 Å². The summed E-state index contributed by atoms with van der Waals surface area (Å²) < 4.78 is 0. The van der Waals surface area contributed by atoms with E-state index in [9.17, 15) is 5.11 Å². The Morgan fingerprint density at radius 2 is 2.25 bits per heavy atom. The number of aliphatic imine (C=N–C) groups is 1. The Morgan fingerprint density at radius 3 is 2.90 bits per heavy atom. The van der Waals surface area contributed by atoms with E-state index in [-0.39, 0.29) is 6.10 Å². The van der Waals surface area contributed by atoms with Gasteiger partial charge in [0.05, 0.1) is 18.3 Å². The van der Waals surface area contributed by atoms with Crippen molar-refractivity contribution in [1.29, 1.82) is 0 Å². The van der Waals surface area contributed by atoms with Crippen LogP contribution in [0.3, 0.4) is 0 Å². The van der Waals surface area contributed by atoms with Crippen LogP contribution in [0.15, 0.2) is 23.3 Å². The van der Waals surface area contributed by atoms with Crippen molar-refractivity contribution >= 4 is 5.96 Å². The first-order valence-corrected chi connectivity index (χ1v) is 7.32. The average Bonchev–Trinajstić information content (AvgIpc) is 2.46. The quantitative estimate of drug-likeness (QED) is 0.645. The molecule has 0 aromatic carbocycles. The molecule has 5 nitrogen and oxygen atoms in total. The molecule has 20 heavy (non-hydrogen) atoms. The minimum absolute atomic E-state index is 0.160. The summed E-state index contributed by atoms with van der Waals surface area (Å²) in [5.41, 5.74) is 2.18. The van der Waals surface area contributed by atoms with Crippen LogP contribution in [0.4, 0.5) is 0 Å². The van der Waals surface area contributed by atoms with Gasteiger partial charge in [0, 0.05) is 25.8 Å². The number of likely N-dealkylation sites (tertiary alicyclic amines) is 1. The van der Waals surface area contributed by atoms with Crippen LogP contribution in [0.5, 0.6) is 0 Å². The van der Waals surface area contributed by atoms with Gasteiger partial charge in [0.1, 0.15) is 0 Å². The van der Waals surface area contributed by atoms with E-state index in [1.54, 1.807) is 0 Å². The molecule has 0 radical (unpaired) electrons. The molecule has 1 fully saturated rings. The Morgan fingerprint density at radius 1 is 1.50 bits per heavy atom. The van der Waals surface area contributed by atoms with Crippen molar-refractivity contribution in [2.45, 2.75) is 39.3 Å². The second-order valence-corrected chi connectivity index (χ2v) is 5.16. The van der Waals surface area contributed by atoms with Crippen LogP contribution >= 0.6 is 0 Å². The molecule has 0 saturated carbocycles. The first kappa shape index (κ1) is 14.8. The summed E-state index contributed by atoms with van der Waals surface area (Å²) in [6.45, 7) is 7.28. The van der Waals surface area contributed by atoms with Gasteiger partial charge in [-0.2, -0.15) is 0 Å². The van der Waals surface area contributed by atoms with Crippen LogP contribution in [0.1, 0.15) is 31.0 Å². The van der Waals surface area contributed by atoms with E-state index in [4.69, 9.17) is 0 Å². The zero-order valence-electron chi connectivity index (χ0n) is 12.3. The molecule has 2 rings (SSSR count). The standard InChI is InChI=1S/C15H24N4O/c1-3-16-15(19-9-6-13(20)7-10-19)18-11-14-12(2)5-4-8-17-14/h4-5,8,13,20H,3,6-7,9-11H2,1-2H3,(H,16,18). The minimum atomic E-state index is -0.160. The molecule has 1 aliphatic rings. The number of nitrogens with one attached hydrogen (secondary N) is 1. The van der Waals surface area contributed by atoms with E-state index in [1.165, 1.54) is 5.56 Å². The predicted octanol–water partition coefficient (Wildman–Crippen LogP) is 1.31. The summed E-state index contributed by atoms with van der Waals surface area (Å²) in [7, 11) is 0. The largest absolute Gasteiger partial charge is 0.393 e. The van der Waals surface area contributed by atoms with E-state index in [2.05, 4.69) is 40.1 Å². The van der Waals surface area contributed by atoms with Gasteiger partial charge in [-0.05, 0) is 38.3 Å². The number of guanidine groups is 1.